The van der Waals surface area contributed by atoms with Gasteiger partial charge in [0, 0.05) is 327 Å². The molecule has 0 aromatic heterocycles. The zero-order valence-electron chi connectivity index (χ0n) is 33.2. The Kier molecular flexibility index (Phi) is 104. The minimum absolute atomic E-state index is 0. The van der Waals surface area contributed by atoms with Crippen molar-refractivity contribution < 1.29 is 327 Å². The second-order valence-corrected chi connectivity index (χ2v) is 7.45. The molecule has 10 radical (unpaired) electrons. The van der Waals surface area contributed by atoms with Crippen LogP contribution < -0.4 is 32.8 Å². The fourth-order valence-electron chi connectivity index (χ4n) is 3.98. The van der Waals surface area contributed by atoms with E-state index in [1.807, 2.05) is 148 Å². The van der Waals surface area contributed by atoms with Gasteiger partial charge < -0.3 is 64.3 Å². The maximum Gasteiger partial charge on any atom is 0.117 e. The molecule has 0 saturated carbocycles. The van der Waals surface area contributed by atoms with Crippen molar-refractivity contribution in [1.29, 1.82) is 0 Å². The van der Waals surface area contributed by atoms with E-state index in [0.29, 0.717) is 0 Å². The molecule has 0 unspecified atom stereocenters. The molecule has 0 atom stereocenters. The van der Waals surface area contributed by atoms with E-state index in [1.165, 1.54) is 0 Å². The van der Waals surface area contributed by atoms with Crippen LogP contribution in [0.15, 0.2) is 97.1 Å². The van der Waals surface area contributed by atoms with Gasteiger partial charge in [0.1, 0.15) is 13.4 Å². The zero-order valence-corrected chi connectivity index (χ0v) is 61.5. The third kappa shape index (κ3) is 33.8. The van der Waals surface area contributed by atoms with E-state index >= 15 is 0 Å². The second kappa shape index (κ2) is 62.6. The molecule has 5 aromatic carbocycles. The van der Waals surface area contributed by atoms with Gasteiger partial charge in [-0.15, -0.1) is 0 Å². The third-order valence-corrected chi connectivity index (χ3v) is 5.42. The molecule has 52 heavy (non-hydrogen) atoms. The fraction of sp³-hybridized carbons (Fsp3) is 0.250. The van der Waals surface area contributed by atoms with Gasteiger partial charge in [-0.2, -0.15) is 71.6 Å². The topological polar surface area (TPSA) is 0 Å². The quantitative estimate of drug-likeness (QED) is 0.140. The van der Waals surface area contributed by atoms with Gasteiger partial charge in [0.25, 0.3) is 0 Å². The molecule has 0 saturated heterocycles. The molecular weight excluding hydrogens is 1390 g/mol. The Balaban J connectivity index is -0.0000000866. The summed E-state index contributed by atoms with van der Waals surface area (Å²) in [5.41, 5.74) is 6.09. The molecule has 0 amide bonds. The van der Waals surface area contributed by atoms with E-state index in [4.69, 9.17) is 0 Å². The van der Waals surface area contributed by atoms with E-state index < -0.39 is 0 Å². The first kappa shape index (κ1) is 86.4. The zero-order chi connectivity index (χ0) is 31.6. The number of rotatable bonds is 6. The van der Waals surface area contributed by atoms with Crippen molar-refractivity contribution in [3.05, 3.63) is 146 Å². The van der Waals surface area contributed by atoms with Crippen LogP contribution in [-0.4, -0.2) is 13.4 Å². The Bertz CT molecular complexity index is 1110. The van der Waals surface area contributed by atoms with E-state index in [-0.39, 0.29) is 341 Å². The molecule has 0 aliphatic heterocycles. The normalized spacial score (nSPS) is 7.04. The summed E-state index contributed by atoms with van der Waals surface area (Å²) < 4.78 is 0. The molecule has 5 aromatic rings. The Morgan fingerprint density at radius 1 is 0.308 bits per heavy atom. The molecule has 0 bridgehead atoms. The molecule has 0 aliphatic rings. The van der Waals surface area contributed by atoms with Gasteiger partial charge in [-0.1, -0.05) is 69.2 Å². The summed E-state index contributed by atoms with van der Waals surface area (Å²) in [6, 6.07) is 58.7. The molecule has 250 valence electrons. The average molecular weight is 1440 g/mol. The van der Waals surface area contributed by atoms with Crippen LogP contribution in [0.25, 0.3) is 0 Å². The van der Waals surface area contributed by atoms with Crippen LogP contribution >= 0.6 is 0 Å². The van der Waals surface area contributed by atoms with E-state index in [0.717, 1.165) is 32.8 Å². The predicted octanol–water partition coefficient (Wildman–Crippen LogP) is 6.23. The summed E-state index contributed by atoms with van der Waals surface area (Å²) in [6.45, 7) is 19.9. The second-order valence-electron chi connectivity index (χ2n) is 7.45. The monoisotopic (exact) mass is 1440 g/mol. The Labute approximate surface area is 574 Å². The van der Waals surface area contributed by atoms with Crippen LogP contribution in [0.4, 0.5) is 0 Å². The van der Waals surface area contributed by atoms with Crippen molar-refractivity contribution in [2.75, 3.05) is 0 Å². The predicted molar refractivity (Wildman–Crippen MR) is 189 cm³/mol. The van der Waals surface area contributed by atoms with E-state index in [9.17, 15) is 0 Å². The largest absolute Gasteiger partial charge is 0.364 e. The standard InChI is InChI=1S/C30H16B2.5C2H6.10Y/c1-5-14-25(15-6-1)31(26-16-7-2-8-17-26)29-22-13-23-30(24-29)32(27-18-9-3-10-19-27)28-20-11-4-12-21-28;5*1-2;;;;;;;;;;/h1-14,18,24H;5*1-2H3;;;;;;;;;;/q-8;;;;;;;;;;;;;;;. The van der Waals surface area contributed by atoms with Crippen LogP contribution in [0, 0.1) is 48.5 Å². The van der Waals surface area contributed by atoms with Crippen molar-refractivity contribution in [2.45, 2.75) is 69.2 Å². The first-order valence-electron chi connectivity index (χ1n) is 15.5. The van der Waals surface area contributed by atoms with Crippen LogP contribution in [-0.2, 0) is 327 Å². The van der Waals surface area contributed by atoms with Gasteiger partial charge in [0.2, 0.25) is 0 Å². The van der Waals surface area contributed by atoms with Crippen LogP contribution in [0.2, 0.25) is 0 Å². The maximum absolute atomic E-state index is 3.42. The van der Waals surface area contributed by atoms with Gasteiger partial charge in [0.05, 0.1) is 0 Å². The molecule has 0 spiro atoms. The number of hydrogen-bond donors (Lipinski definition) is 0. The Morgan fingerprint density at radius 2 is 0.577 bits per heavy atom. The van der Waals surface area contributed by atoms with Crippen molar-refractivity contribution in [3.8, 4) is 0 Å². The Hall–Kier alpha value is 7.27. The number of benzene rings is 5. The summed E-state index contributed by atoms with van der Waals surface area (Å²) >= 11 is 0. The van der Waals surface area contributed by atoms with Crippen molar-refractivity contribution in [1.82, 2.24) is 0 Å². The van der Waals surface area contributed by atoms with Crippen LogP contribution in [0.1, 0.15) is 69.2 Å². The number of hydrogen-bond acceptors (Lipinski definition) is 0. The summed E-state index contributed by atoms with van der Waals surface area (Å²) in [5, 5.41) is 0. The van der Waals surface area contributed by atoms with Crippen molar-refractivity contribution in [3.63, 3.8) is 0 Å². The first-order chi connectivity index (χ1) is 20.9. The summed E-state index contributed by atoms with van der Waals surface area (Å²) in [4.78, 5) is 0. The SMILES string of the molecule is CC.CC.CC.CC.CC.[Y].[Y].[Y].[Y].[Y].[Y].[Y].[Y].[Y].[Y].[c-]1ccc[c-]c1B(c1[c-]cccc1)c1[c-]c[c-]c(B(c2[c-]ccc[c-]2)c2[c-]cccc2)c1. The summed E-state index contributed by atoms with van der Waals surface area (Å²) in [6.07, 6.45) is 0. The molecular formula is C40H46B2Y10-8. The molecule has 0 aliphatic carbocycles. The average Bonchev–Trinajstić information content (AvgIpc) is 3.12. The van der Waals surface area contributed by atoms with E-state index in [1.54, 1.807) is 0 Å². The van der Waals surface area contributed by atoms with Crippen LogP contribution in [0.5, 0.6) is 0 Å². The molecule has 0 N–H and O–H groups in total. The smallest absolute Gasteiger partial charge is 0.117 e. The molecule has 0 nitrogen and oxygen atoms in total. The first-order valence-corrected chi connectivity index (χ1v) is 15.5. The third-order valence-electron chi connectivity index (χ3n) is 5.42. The minimum atomic E-state index is -0.0742. The van der Waals surface area contributed by atoms with E-state index in [2.05, 4.69) is 66.7 Å². The van der Waals surface area contributed by atoms with Crippen molar-refractivity contribution in [2.24, 2.45) is 0 Å². The van der Waals surface area contributed by atoms with Gasteiger partial charge in [-0.25, -0.2) is 0 Å². The minimum Gasteiger partial charge on any atom is -0.364 e. The maximum atomic E-state index is 3.42. The van der Waals surface area contributed by atoms with Gasteiger partial charge in [-0.05, 0) is 0 Å². The van der Waals surface area contributed by atoms with Gasteiger partial charge >= 0.3 is 0 Å². The molecule has 0 fully saturated rings. The van der Waals surface area contributed by atoms with Gasteiger partial charge in [-0.3, -0.25) is 42.5 Å². The van der Waals surface area contributed by atoms with Crippen LogP contribution in [0.3, 0.4) is 0 Å². The molecule has 5 rings (SSSR count). The summed E-state index contributed by atoms with van der Waals surface area (Å²) in [7, 11) is 0. The fourth-order valence-corrected chi connectivity index (χ4v) is 3.98. The molecule has 12 heteroatoms. The molecule has 0 heterocycles. The van der Waals surface area contributed by atoms with Crippen molar-refractivity contribution >= 4 is 46.2 Å². The van der Waals surface area contributed by atoms with Gasteiger partial charge in [0.15, 0.2) is 0 Å². The Morgan fingerprint density at radius 3 is 0.827 bits per heavy atom. The summed E-state index contributed by atoms with van der Waals surface area (Å²) in [5.74, 6) is 0.